The highest BCUT2D eigenvalue weighted by Crippen LogP contribution is 2.13. The molecule has 1 rings (SSSR count). The predicted octanol–water partition coefficient (Wildman–Crippen LogP) is 0.858. The zero-order valence-electron chi connectivity index (χ0n) is 7.43. The zero-order chi connectivity index (χ0) is 8.97. The molecule has 1 heterocycles. The molecule has 1 fully saturated rings. The fourth-order valence-corrected chi connectivity index (χ4v) is 1.46. The van der Waals surface area contributed by atoms with Crippen LogP contribution in [0.4, 0.5) is 0 Å². The molecule has 3 nitrogen and oxygen atoms in total. The first-order chi connectivity index (χ1) is 5.74. The van der Waals surface area contributed by atoms with Gasteiger partial charge < -0.3 is 10.1 Å². The van der Waals surface area contributed by atoms with E-state index in [1.165, 1.54) is 13.5 Å². The van der Waals surface area contributed by atoms with Crippen LogP contribution in [0.3, 0.4) is 0 Å². The van der Waals surface area contributed by atoms with Crippen molar-refractivity contribution >= 4 is 5.97 Å². The first-order valence-corrected chi connectivity index (χ1v) is 4.23. The number of hydrogen-bond acceptors (Lipinski definition) is 3. The number of rotatable bonds is 3. The van der Waals surface area contributed by atoms with Crippen molar-refractivity contribution < 1.29 is 9.53 Å². The van der Waals surface area contributed by atoms with E-state index in [-0.39, 0.29) is 5.97 Å². The molecule has 12 heavy (non-hydrogen) atoms. The Morgan fingerprint density at radius 1 is 1.75 bits per heavy atom. The Morgan fingerprint density at radius 3 is 3.00 bits per heavy atom. The summed E-state index contributed by atoms with van der Waals surface area (Å²) in [5, 5.41) is 3.30. The SMILES string of the molecule is C=C(CC1CCCN1)C(=O)OC. The van der Waals surface area contributed by atoms with E-state index in [9.17, 15) is 4.79 Å². The largest absolute Gasteiger partial charge is 0.466 e. The third kappa shape index (κ3) is 2.34. The molecule has 0 aromatic heterocycles. The second kappa shape index (κ2) is 4.26. The van der Waals surface area contributed by atoms with Crippen molar-refractivity contribution in [1.82, 2.24) is 5.32 Å². The molecular formula is C9H15NO2. The quantitative estimate of drug-likeness (QED) is 0.503. The topological polar surface area (TPSA) is 38.3 Å². The Bertz CT molecular complexity index is 183. The van der Waals surface area contributed by atoms with Gasteiger partial charge >= 0.3 is 5.97 Å². The molecule has 1 N–H and O–H groups in total. The Morgan fingerprint density at radius 2 is 2.50 bits per heavy atom. The minimum atomic E-state index is -0.288. The highest BCUT2D eigenvalue weighted by Gasteiger charge is 2.17. The molecule has 1 aliphatic heterocycles. The Balaban J connectivity index is 2.29. The van der Waals surface area contributed by atoms with Crippen molar-refractivity contribution in [3.8, 4) is 0 Å². The van der Waals surface area contributed by atoms with Crippen LogP contribution < -0.4 is 5.32 Å². The van der Waals surface area contributed by atoms with Gasteiger partial charge in [-0.15, -0.1) is 0 Å². The molecular weight excluding hydrogens is 154 g/mol. The van der Waals surface area contributed by atoms with E-state index >= 15 is 0 Å². The third-order valence-corrected chi connectivity index (χ3v) is 2.13. The van der Waals surface area contributed by atoms with E-state index in [0.29, 0.717) is 18.0 Å². The lowest BCUT2D eigenvalue weighted by Crippen LogP contribution is -2.23. The standard InChI is InChI=1S/C9H15NO2/c1-7(9(11)12-2)6-8-4-3-5-10-8/h8,10H,1,3-6H2,2H3. The van der Waals surface area contributed by atoms with Crippen molar-refractivity contribution in [1.29, 1.82) is 0 Å². The van der Waals surface area contributed by atoms with Gasteiger partial charge in [-0.3, -0.25) is 0 Å². The van der Waals surface area contributed by atoms with Gasteiger partial charge in [-0.1, -0.05) is 6.58 Å². The monoisotopic (exact) mass is 169 g/mol. The van der Waals surface area contributed by atoms with E-state index in [2.05, 4.69) is 16.6 Å². The van der Waals surface area contributed by atoms with Crippen LogP contribution in [0.5, 0.6) is 0 Å². The van der Waals surface area contributed by atoms with Crippen LogP contribution in [0.25, 0.3) is 0 Å². The molecule has 1 aliphatic rings. The highest BCUT2D eigenvalue weighted by molar-refractivity contribution is 5.87. The molecule has 1 atom stereocenters. The number of nitrogens with one attached hydrogen (secondary N) is 1. The van der Waals surface area contributed by atoms with E-state index in [0.717, 1.165) is 13.0 Å². The molecule has 0 bridgehead atoms. The number of carbonyl (C=O) groups is 1. The molecule has 0 aromatic carbocycles. The summed E-state index contributed by atoms with van der Waals surface area (Å²) in [5.41, 5.74) is 0.567. The van der Waals surface area contributed by atoms with Crippen molar-refractivity contribution in [3.63, 3.8) is 0 Å². The molecule has 0 aliphatic carbocycles. The summed E-state index contributed by atoms with van der Waals surface area (Å²) in [7, 11) is 1.38. The van der Waals surface area contributed by atoms with Crippen molar-refractivity contribution in [2.24, 2.45) is 0 Å². The van der Waals surface area contributed by atoms with E-state index < -0.39 is 0 Å². The average Bonchev–Trinajstić information content (AvgIpc) is 2.55. The number of ether oxygens (including phenoxy) is 1. The Kier molecular flexibility index (Phi) is 3.29. The average molecular weight is 169 g/mol. The van der Waals surface area contributed by atoms with Crippen molar-refractivity contribution in [2.45, 2.75) is 25.3 Å². The van der Waals surface area contributed by atoms with Gasteiger partial charge in [0.25, 0.3) is 0 Å². The maximum absolute atomic E-state index is 10.9. The fraction of sp³-hybridized carbons (Fsp3) is 0.667. The molecule has 0 aromatic rings. The Labute approximate surface area is 72.8 Å². The van der Waals surface area contributed by atoms with Gasteiger partial charge in [-0.05, 0) is 25.8 Å². The summed E-state index contributed by atoms with van der Waals surface area (Å²) in [6, 6.07) is 0.427. The van der Waals surface area contributed by atoms with Gasteiger partial charge in [0.15, 0.2) is 0 Å². The molecule has 68 valence electrons. The van der Waals surface area contributed by atoms with Gasteiger partial charge in [-0.2, -0.15) is 0 Å². The van der Waals surface area contributed by atoms with Gasteiger partial charge in [0.1, 0.15) is 0 Å². The van der Waals surface area contributed by atoms with Crippen LogP contribution in [0.2, 0.25) is 0 Å². The molecule has 0 radical (unpaired) electrons. The molecule has 3 heteroatoms. The van der Waals surface area contributed by atoms with E-state index in [4.69, 9.17) is 0 Å². The summed E-state index contributed by atoms with van der Waals surface area (Å²) in [6.45, 7) is 4.73. The first-order valence-electron chi connectivity index (χ1n) is 4.23. The zero-order valence-corrected chi connectivity index (χ0v) is 7.43. The van der Waals surface area contributed by atoms with Crippen LogP contribution in [0.1, 0.15) is 19.3 Å². The minimum Gasteiger partial charge on any atom is -0.466 e. The number of methoxy groups -OCH3 is 1. The summed E-state index contributed by atoms with van der Waals surface area (Å²) in [6.07, 6.45) is 3.04. The van der Waals surface area contributed by atoms with Crippen molar-refractivity contribution in [3.05, 3.63) is 12.2 Å². The van der Waals surface area contributed by atoms with Crippen LogP contribution in [0, 0.1) is 0 Å². The Hall–Kier alpha value is -0.830. The van der Waals surface area contributed by atoms with Gasteiger partial charge in [0.05, 0.1) is 7.11 Å². The maximum atomic E-state index is 10.9. The van der Waals surface area contributed by atoms with Crippen LogP contribution in [-0.2, 0) is 9.53 Å². The van der Waals surface area contributed by atoms with Crippen LogP contribution in [0.15, 0.2) is 12.2 Å². The van der Waals surface area contributed by atoms with E-state index in [1.54, 1.807) is 0 Å². The third-order valence-electron chi connectivity index (χ3n) is 2.13. The highest BCUT2D eigenvalue weighted by atomic mass is 16.5. The van der Waals surface area contributed by atoms with Crippen LogP contribution in [-0.4, -0.2) is 25.7 Å². The summed E-state index contributed by atoms with van der Waals surface area (Å²) >= 11 is 0. The van der Waals surface area contributed by atoms with Crippen molar-refractivity contribution in [2.75, 3.05) is 13.7 Å². The number of esters is 1. The van der Waals surface area contributed by atoms with Crippen LogP contribution >= 0.6 is 0 Å². The van der Waals surface area contributed by atoms with Gasteiger partial charge in [0, 0.05) is 11.6 Å². The van der Waals surface area contributed by atoms with Gasteiger partial charge in [-0.25, -0.2) is 4.79 Å². The lowest BCUT2D eigenvalue weighted by molar-refractivity contribution is -0.136. The van der Waals surface area contributed by atoms with Gasteiger partial charge in [0.2, 0.25) is 0 Å². The smallest absolute Gasteiger partial charge is 0.333 e. The molecule has 1 saturated heterocycles. The normalized spacial score (nSPS) is 22.2. The fourth-order valence-electron chi connectivity index (χ4n) is 1.46. The van der Waals surface area contributed by atoms with E-state index in [1.807, 2.05) is 0 Å². The lowest BCUT2D eigenvalue weighted by atomic mass is 10.1. The minimum absolute atomic E-state index is 0.288. The maximum Gasteiger partial charge on any atom is 0.333 e. The summed E-state index contributed by atoms with van der Waals surface area (Å²) < 4.78 is 4.56. The number of hydrogen-bond donors (Lipinski definition) is 1. The second-order valence-electron chi connectivity index (χ2n) is 3.09. The second-order valence-corrected chi connectivity index (χ2v) is 3.09. The summed E-state index contributed by atoms with van der Waals surface area (Å²) in [4.78, 5) is 10.9. The predicted molar refractivity (Wildman–Crippen MR) is 46.8 cm³/mol. The molecule has 0 amide bonds. The first kappa shape index (κ1) is 9.26. The molecule has 0 saturated carbocycles. The number of carbonyl (C=O) groups excluding carboxylic acids is 1. The molecule has 1 unspecified atom stereocenters. The lowest BCUT2D eigenvalue weighted by Gasteiger charge is -2.09. The molecule has 0 spiro atoms. The summed E-state index contributed by atoms with van der Waals surface area (Å²) in [5.74, 6) is -0.288.